The van der Waals surface area contributed by atoms with E-state index < -0.39 is 37.5 Å². The van der Waals surface area contributed by atoms with E-state index in [1.54, 1.807) is 24.4 Å². The van der Waals surface area contributed by atoms with Crippen LogP contribution >= 0.6 is 11.6 Å². The number of rotatable bonds is 12. The van der Waals surface area contributed by atoms with Crippen LogP contribution in [-0.2, 0) is 10.0 Å². The van der Waals surface area contributed by atoms with Gasteiger partial charge in [0, 0.05) is 79.8 Å². The minimum absolute atomic E-state index is 0.0605. The van der Waals surface area contributed by atoms with Crippen molar-refractivity contribution in [3.8, 4) is 23.0 Å². The first-order valence-corrected chi connectivity index (χ1v) is 23.7. The summed E-state index contributed by atoms with van der Waals surface area (Å²) in [5.41, 5.74) is 5.14. The Morgan fingerprint density at radius 3 is 2.55 bits per heavy atom. The first-order valence-electron chi connectivity index (χ1n) is 21.9. The standard InChI is InChI=1S/C47H52ClN7O8S/c1-47(2)14-12-33(40(26-47)31-6-8-34(48)9-7-31)28-53-18-20-54(21-19-53)35-10-11-39(42(23-35)62-36-22-32-13-15-49-45(32)50-27-36)46(56)51-64(59,60)38-24-41(55(57)58)44-43(25-38)61-30-37(63-44)29-52-16-4-3-5-17-52/h6-11,13,15,22-25,27,37H,3-5,12,14,16-21,26,28-30H2,1-2H3,(H,49,50)(H,51,56)/t37-/m1/s1. The lowest BCUT2D eigenvalue weighted by Gasteiger charge is -2.39. The van der Waals surface area contributed by atoms with Gasteiger partial charge in [0.1, 0.15) is 29.9 Å². The summed E-state index contributed by atoms with van der Waals surface area (Å²) in [7, 11) is -4.67. The fraction of sp³-hybridized carbons (Fsp3) is 0.404. The zero-order chi connectivity index (χ0) is 44.6. The molecule has 5 heterocycles. The van der Waals surface area contributed by atoms with Gasteiger partial charge < -0.3 is 24.1 Å². The molecule has 5 aromatic rings. The van der Waals surface area contributed by atoms with Crippen LogP contribution in [0.15, 0.2) is 89.6 Å². The van der Waals surface area contributed by atoms with E-state index in [-0.39, 0.29) is 34.8 Å². The maximum absolute atomic E-state index is 14.0. The molecule has 2 aromatic heterocycles. The highest BCUT2D eigenvalue weighted by atomic mass is 35.5. The molecule has 2 N–H and O–H groups in total. The zero-order valence-corrected chi connectivity index (χ0v) is 37.6. The van der Waals surface area contributed by atoms with Gasteiger partial charge in [-0.05, 0) is 98.1 Å². The Morgan fingerprint density at radius 2 is 1.78 bits per heavy atom. The Labute approximate surface area is 377 Å². The van der Waals surface area contributed by atoms with Crippen LogP contribution in [0, 0.1) is 15.5 Å². The Balaban J connectivity index is 0.938. The number of piperazine rings is 1. The molecule has 0 spiro atoms. The Hall–Kier alpha value is -5.68. The predicted molar refractivity (Wildman–Crippen MR) is 245 cm³/mol. The highest BCUT2D eigenvalue weighted by Crippen LogP contribution is 2.45. The number of nitro groups is 1. The molecule has 17 heteroatoms. The van der Waals surface area contributed by atoms with E-state index in [1.807, 2.05) is 18.2 Å². The second-order valence-corrected chi connectivity index (χ2v) is 20.1. The maximum Gasteiger partial charge on any atom is 0.316 e. The molecule has 1 atom stereocenters. The van der Waals surface area contributed by atoms with Gasteiger partial charge in [-0.15, -0.1) is 0 Å². The normalized spacial score (nSPS) is 19.4. The summed E-state index contributed by atoms with van der Waals surface area (Å²) >= 11 is 6.25. The van der Waals surface area contributed by atoms with Gasteiger partial charge in [-0.1, -0.05) is 49.6 Å². The number of nitro benzene ring substituents is 1. The average Bonchev–Trinajstić information content (AvgIpc) is 3.75. The molecule has 1 amide bonds. The second-order valence-electron chi connectivity index (χ2n) is 17.9. The highest BCUT2D eigenvalue weighted by Gasteiger charge is 2.35. The van der Waals surface area contributed by atoms with E-state index in [0.717, 1.165) is 99.5 Å². The van der Waals surface area contributed by atoms with Crippen LogP contribution in [0.4, 0.5) is 11.4 Å². The van der Waals surface area contributed by atoms with E-state index in [1.165, 1.54) is 29.0 Å². The number of benzene rings is 3. The Morgan fingerprint density at radius 1 is 1.00 bits per heavy atom. The molecule has 0 bridgehead atoms. The number of carbonyl (C=O) groups excluding carboxylic acids is 1. The third-order valence-corrected chi connectivity index (χ3v) is 14.3. The van der Waals surface area contributed by atoms with Crippen LogP contribution in [0.5, 0.6) is 23.0 Å². The third kappa shape index (κ3) is 9.70. The molecular formula is C47H52ClN7O8S. The van der Waals surface area contributed by atoms with E-state index in [4.69, 9.17) is 25.8 Å². The van der Waals surface area contributed by atoms with Crippen LogP contribution in [-0.4, -0.2) is 104 Å². The summed E-state index contributed by atoms with van der Waals surface area (Å²) in [4.78, 5) is 39.5. The van der Waals surface area contributed by atoms with Crippen LogP contribution in [0.2, 0.25) is 5.02 Å². The van der Waals surface area contributed by atoms with Gasteiger partial charge in [-0.25, -0.2) is 18.1 Å². The Bertz CT molecular complexity index is 2710. The number of fused-ring (bicyclic) bond motifs is 2. The lowest BCUT2D eigenvalue weighted by Crippen LogP contribution is -2.47. The number of halogens is 1. The van der Waals surface area contributed by atoms with Gasteiger partial charge in [0.15, 0.2) is 5.75 Å². The highest BCUT2D eigenvalue weighted by molar-refractivity contribution is 7.90. The number of hydrogen-bond acceptors (Lipinski definition) is 12. The first-order chi connectivity index (χ1) is 30.8. The number of aromatic amines is 1. The molecule has 3 aromatic carbocycles. The minimum Gasteiger partial charge on any atom is -0.485 e. The number of ether oxygens (including phenoxy) is 3. The van der Waals surface area contributed by atoms with Gasteiger partial charge in [0.25, 0.3) is 15.9 Å². The Kier molecular flexibility index (Phi) is 12.3. The molecule has 2 fully saturated rings. The number of nitrogens with zero attached hydrogens (tertiary/aromatic N) is 5. The van der Waals surface area contributed by atoms with Gasteiger partial charge in [-0.3, -0.25) is 24.7 Å². The number of pyridine rings is 1. The van der Waals surface area contributed by atoms with Gasteiger partial charge >= 0.3 is 5.69 Å². The summed E-state index contributed by atoms with van der Waals surface area (Å²) in [6.07, 6.45) is 9.29. The SMILES string of the molecule is CC1(C)CCC(CN2CCN(c3ccc(C(=O)NS(=O)(=O)c4cc5c(c([N+](=O)[O-])c4)O[C@H](CN4CCCCC4)CO5)c(Oc4cnc5[nH]ccc5c4)c3)CC2)=C(c2ccc(Cl)cc2)C1. The van der Waals surface area contributed by atoms with Crippen molar-refractivity contribution in [1.29, 1.82) is 0 Å². The van der Waals surface area contributed by atoms with Gasteiger partial charge in [-0.2, -0.15) is 0 Å². The number of likely N-dealkylation sites (tertiary alicyclic amines) is 1. The molecule has 0 saturated carbocycles. The van der Waals surface area contributed by atoms with Crippen LogP contribution in [0.25, 0.3) is 16.6 Å². The molecule has 3 aliphatic heterocycles. The van der Waals surface area contributed by atoms with Crippen molar-refractivity contribution >= 4 is 55.5 Å². The molecule has 9 rings (SSSR count). The molecule has 2 saturated heterocycles. The molecule has 0 radical (unpaired) electrons. The number of piperidine rings is 1. The van der Waals surface area contributed by atoms with E-state index in [9.17, 15) is 23.3 Å². The van der Waals surface area contributed by atoms with Crippen LogP contribution in [0.3, 0.4) is 0 Å². The molecule has 15 nitrogen and oxygen atoms in total. The van der Waals surface area contributed by atoms with Crippen molar-refractivity contribution < 1.29 is 32.3 Å². The van der Waals surface area contributed by atoms with Crippen molar-refractivity contribution in [2.24, 2.45) is 5.41 Å². The summed E-state index contributed by atoms with van der Waals surface area (Å²) in [6, 6.07) is 18.9. The lowest BCUT2D eigenvalue weighted by molar-refractivity contribution is -0.386. The molecule has 64 heavy (non-hydrogen) atoms. The summed E-state index contributed by atoms with van der Waals surface area (Å²) < 4.78 is 48.2. The molecule has 1 aliphatic carbocycles. The first kappa shape index (κ1) is 43.6. The number of nitrogens with one attached hydrogen (secondary N) is 2. The van der Waals surface area contributed by atoms with Crippen molar-refractivity contribution in [2.75, 3.05) is 63.9 Å². The van der Waals surface area contributed by atoms with Crippen LogP contribution < -0.4 is 23.8 Å². The molecule has 0 unspecified atom stereocenters. The number of amides is 1. The summed E-state index contributed by atoms with van der Waals surface area (Å²) in [6.45, 7) is 11.0. The topological polar surface area (TPSA) is 172 Å². The van der Waals surface area contributed by atoms with E-state index in [2.05, 4.69) is 55.4 Å². The van der Waals surface area contributed by atoms with Crippen molar-refractivity contribution in [3.05, 3.63) is 111 Å². The van der Waals surface area contributed by atoms with Crippen LogP contribution in [0.1, 0.15) is 68.3 Å². The predicted octanol–water partition coefficient (Wildman–Crippen LogP) is 8.45. The molecule has 4 aliphatic rings. The van der Waals surface area contributed by atoms with E-state index in [0.29, 0.717) is 31.0 Å². The maximum atomic E-state index is 14.0. The number of anilines is 1. The fourth-order valence-electron chi connectivity index (χ4n) is 9.20. The third-order valence-electron chi connectivity index (χ3n) is 12.7. The lowest BCUT2D eigenvalue weighted by atomic mass is 9.72. The molecular weight excluding hydrogens is 858 g/mol. The number of hydrogen-bond donors (Lipinski definition) is 2. The fourth-order valence-corrected chi connectivity index (χ4v) is 10.3. The van der Waals surface area contributed by atoms with Crippen molar-refractivity contribution in [2.45, 2.75) is 63.4 Å². The monoisotopic (exact) mass is 909 g/mol. The quantitative estimate of drug-likeness (QED) is 0.0905. The number of sulfonamides is 1. The van der Waals surface area contributed by atoms with Crippen molar-refractivity contribution in [3.63, 3.8) is 0 Å². The number of carbonyl (C=O) groups is 1. The zero-order valence-electron chi connectivity index (χ0n) is 36.0. The number of aromatic nitrogens is 2. The number of H-pyrrole nitrogens is 1. The average molecular weight is 910 g/mol. The van der Waals surface area contributed by atoms with E-state index >= 15 is 0 Å². The number of allylic oxidation sites excluding steroid dienone is 1. The summed E-state index contributed by atoms with van der Waals surface area (Å²) in [5, 5.41) is 13.8. The summed E-state index contributed by atoms with van der Waals surface area (Å²) in [5.74, 6) is -0.755. The van der Waals surface area contributed by atoms with Crippen molar-refractivity contribution in [1.82, 2.24) is 24.5 Å². The largest absolute Gasteiger partial charge is 0.485 e. The van der Waals surface area contributed by atoms with Gasteiger partial charge in [0.05, 0.1) is 21.6 Å². The van der Waals surface area contributed by atoms with Gasteiger partial charge in [0.2, 0.25) is 5.75 Å². The smallest absolute Gasteiger partial charge is 0.316 e. The second kappa shape index (κ2) is 18.1. The molecule has 336 valence electrons. The minimum atomic E-state index is -4.67.